The van der Waals surface area contributed by atoms with Gasteiger partial charge in [-0.1, -0.05) is 55.3 Å². The Bertz CT molecular complexity index is 1260. The Morgan fingerprint density at radius 3 is 2.31 bits per heavy atom. The molecule has 1 saturated carbocycles. The molecule has 206 valence electrons. The number of piperidine rings is 1. The molecule has 2 atom stereocenters. The number of amides is 1. The molecule has 4 nitrogen and oxygen atoms in total. The van der Waals surface area contributed by atoms with E-state index in [4.69, 9.17) is 4.74 Å². The average molecular weight is 537 g/mol. The lowest BCUT2D eigenvalue weighted by atomic mass is 9.78. The largest absolute Gasteiger partial charge is 0.497 e. The number of alkyl halides is 3. The van der Waals surface area contributed by atoms with Crippen LogP contribution >= 0.6 is 0 Å². The average Bonchev–Trinajstić information content (AvgIpc) is 2.98. The van der Waals surface area contributed by atoms with Gasteiger partial charge < -0.3 is 9.64 Å². The van der Waals surface area contributed by atoms with Crippen molar-refractivity contribution in [1.82, 2.24) is 4.90 Å². The van der Waals surface area contributed by atoms with Crippen molar-refractivity contribution in [2.24, 2.45) is 0 Å². The molecule has 0 aromatic heterocycles. The molecule has 2 aliphatic rings. The predicted molar refractivity (Wildman–Crippen MR) is 147 cm³/mol. The zero-order valence-corrected chi connectivity index (χ0v) is 22.2. The summed E-state index contributed by atoms with van der Waals surface area (Å²) in [5.74, 6) is 0.671. The first-order chi connectivity index (χ1) is 18.8. The highest BCUT2D eigenvalue weighted by Gasteiger charge is 2.37. The Balaban J connectivity index is 1.39. The van der Waals surface area contributed by atoms with Gasteiger partial charge in [0.25, 0.3) is 5.91 Å². The normalized spacial score (nSPS) is 20.9. The van der Waals surface area contributed by atoms with Crippen LogP contribution in [0.25, 0.3) is 0 Å². The minimum absolute atomic E-state index is 0.0338. The fraction of sp³-hybridized carbons (Fsp3) is 0.406. The molecule has 3 aromatic carbocycles. The fourth-order valence-corrected chi connectivity index (χ4v) is 6.33. The molecule has 1 aliphatic heterocycles. The van der Waals surface area contributed by atoms with E-state index in [9.17, 15) is 18.0 Å². The van der Waals surface area contributed by atoms with Crippen LogP contribution in [0.4, 0.5) is 18.9 Å². The van der Waals surface area contributed by atoms with Gasteiger partial charge in [-0.25, -0.2) is 0 Å². The Kier molecular flexibility index (Phi) is 8.26. The summed E-state index contributed by atoms with van der Waals surface area (Å²) in [5, 5.41) is 0. The number of halogens is 3. The van der Waals surface area contributed by atoms with E-state index in [1.54, 1.807) is 24.1 Å². The number of carbonyl (C=O) groups excluding carboxylic acids is 1. The molecule has 1 amide bonds. The van der Waals surface area contributed by atoms with E-state index in [1.165, 1.54) is 37.0 Å². The molecule has 5 rings (SSSR count). The molecular weight excluding hydrogens is 501 g/mol. The second-order valence-corrected chi connectivity index (χ2v) is 10.6. The molecule has 1 aliphatic carbocycles. The summed E-state index contributed by atoms with van der Waals surface area (Å²) in [6.45, 7) is 1.68. The van der Waals surface area contributed by atoms with Gasteiger partial charge in [-0.15, -0.1) is 0 Å². The lowest BCUT2D eigenvalue weighted by Gasteiger charge is -2.45. The van der Waals surface area contributed by atoms with Crippen LogP contribution in [0.3, 0.4) is 0 Å². The van der Waals surface area contributed by atoms with Crippen molar-refractivity contribution in [3.63, 3.8) is 0 Å². The van der Waals surface area contributed by atoms with Crippen LogP contribution in [0.2, 0.25) is 0 Å². The highest BCUT2D eigenvalue weighted by atomic mass is 19.4. The van der Waals surface area contributed by atoms with Crippen molar-refractivity contribution in [2.75, 3.05) is 25.1 Å². The van der Waals surface area contributed by atoms with Crippen LogP contribution in [0.5, 0.6) is 5.75 Å². The Morgan fingerprint density at radius 2 is 1.59 bits per heavy atom. The number of hydrogen-bond acceptors (Lipinski definition) is 3. The first-order valence-corrected chi connectivity index (χ1v) is 13.8. The number of rotatable bonds is 6. The third-order valence-corrected chi connectivity index (χ3v) is 8.28. The molecule has 0 N–H and O–H groups in total. The van der Waals surface area contributed by atoms with Gasteiger partial charge in [0.2, 0.25) is 0 Å². The summed E-state index contributed by atoms with van der Waals surface area (Å²) < 4.78 is 45.7. The van der Waals surface area contributed by atoms with Gasteiger partial charge in [0.05, 0.1) is 12.7 Å². The summed E-state index contributed by atoms with van der Waals surface area (Å²) in [4.78, 5) is 18.1. The molecule has 0 radical (unpaired) electrons. The quantitative estimate of drug-likeness (QED) is 0.326. The van der Waals surface area contributed by atoms with Gasteiger partial charge in [0.15, 0.2) is 0 Å². The summed E-state index contributed by atoms with van der Waals surface area (Å²) in [7, 11) is 1.56. The van der Waals surface area contributed by atoms with E-state index in [1.807, 2.05) is 12.1 Å². The molecule has 0 spiro atoms. The highest BCUT2D eigenvalue weighted by Crippen LogP contribution is 2.38. The van der Waals surface area contributed by atoms with Crippen LogP contribution < -0.4 is 9.64 Å². The number of nitrogens with zero attached hydrogens (tertiary/aromatic N) is 2. The van der Waals surface area contributed by atoms with E-state index in [2.05, 4.69) is 35.2 Å². The maximum Gasteiger partial charge on any atom is 0.416 e. The van der Waals surface area contributed by atoms with Crippen LogP contribution in [0, 0.1) is 0 Å². The molecular formula is C32H35F3N2O2. The minimum atomic E-state index is -4.52. The first-order valence-electron chi connectivity index (χ1n) is 13.8. The molecule has 0 unspecified atom stereocenters. The molecule has 39 heavy (non-hydrogen) atoms. The van der Waals surface area contributed by atoms with Crippen molar-refractivity contribution in [3.8, 4) is 5.75 Å². The third kappa shape index (κ3) is 6.14. The monoisotopic (exact) mass is 536 g/mol. The zero-order chi connectivity index (χ0) is 27.4. The number of carbonyl (C=O) groups is 1. The Hall–Kier alpha value is -3.32. The lowest BCUT2D eigenvalue weighted by Crippen LogP contribution is -2.51. The summed E-state index contributed by atoms with van der Waals surface area (Å²) in [5.41, 5.74) is 1.24. The number of ether oxygens (including phenoxy) is 1. The second kappa shape index (κ2) is 11.8. The Labute approximate surface area is 228 Å². The van der Waals surface area contributed by atoms with Crippen molar-refractivity contribution >= 4 is 11.6 Å². The van der Waals surface area contributed by atoms with Crippen LogP contribution in [-0.4, -0.2) is 43.1 Å². The van der Waals surface area contributed by atoms with Crippen LogP contribution in [-0.2, 0) is 6.18 Å². The maximum absolute atomic E-state index is 13.8. The fourth-order valence-electron chi connectivity index (χ4n) is 6.33. The molecule has 7 heteroatoms. The van der Waals surface area contributed by atoms with Crippen molar-refractivity contribution < 1.29 is 22.7 Å². The standard InChI is InChI=1S/C32H35F3N2O2/c1-39-28-14-8-13-27(22-28)37(31(38)24-11-7-12-25(21-24)32(33,34)35)26-17-19-36(20-18-26)30-16-6-5-15-29(30)23-9-3-2-4-10-23/h2-4,7-14,21-22,26,29-30H,5-6,15-20H2,1H3/t29-,30-/m1/s1. The van der Waals surface area contributed by atoms with Gasteiger partial charge in [-0.05, 0) is 67.5 Å². The highest BCUT2D eigenvalue weighted by molar-refractivity contribution is 6.06. The first kappa shape index (κ1) is 27.3. The van der Waals surface area contributed by atoms with Gasteiger partial charge in [0.1, 0.15) is 5.75 Å². The topological polar surface area (TPSA) is 32.8 Å². The summed E-state index contributed by atoms with van der Waals surface area (Å²) >= 11 is 0. The van der Waals surface area contributed by atoms with Crippen LogP contribution in [0.15, 0.2) is 78.9 Å². The van der Waals surface area contributed by atoms with E-state index < -0.39 is 17.6 Å². The zero-order valence-electron chi connectivity index (χ0n) is 22.2. The predicted octanol–water partition coefficient (Wildman–Crippen LogP) is 7.55. The number of likely N-dealkylation sites (tertiary alicyclic amines) is 1. The molecule has 1 heterocycles. The van der Waals surface area contributed by atoms with Gasteiger partial charge in [-0.3, -0.25) is 9.69 Å². The third-order valence-electron chi connectivity index (χ3n) is 8.28. The van der Waals surface area contributed by atoms with Crippen LogP contribution in [0.1, 0.15) is 65.9 Å². The second-order valence-electron chi connectivity index (χ2n) is 10.6. The van der Waals surface area contributed by atoms with Gasteiger partial charge in [0, 0.05) is 42.5 Å². The Morgan fingerprint density at radius 1 is 0.872 bits per heavy atom. The lowest BCUT2D eigenvalue weighted by molar-refractivity contribution is -0.137. The smallest absolute Gasteiger partial charge is 0.416 e. The summed E-state index contributed by atoms with van der Waals surface area (Å²) in [6.07, 6.45) is 1.78. The van der Waals surface area contributed by atoms with E-state index in [0.717, 1.165) is 44.5 Å². The van der Waals surface area contributed by atoms with Crippen molar-refractivity contribution in [2.45, 2.75) is 62.7 Å². The molecule has 0 bridgehead atoms. The van der Waals surface area contributed by atoms with Crippen molar-refractivity contribution in [1.29, 1.82) is 0 Å². The SMILES string of the molecule is COc1cccc(N(C(=O)c2cccc(C(F)(F)F)c2)C2CCN([C@@H]3CCCC[C@@H]3c3ccccc3)CC2)c1. The number of hydrogen-bond donors (Lipinski definition) is 0. The number of benzene rings is 3. The molecule has 3 aromatic rings. The van der Waals surface area contributed by atoms with E-state index >= 15 is 0 Å². The van der Waals surface area contributed by atoms with Gasteiger partial charge in [-0.2, -0.15) is 13.2 Å². The number of methoxy groups -OCH3 is 1. The van der Waals surface area contributed by atoms with Gasteiger partial charge >= 0.3 is 6.18 Å². The van der Waals surface area contributed by atoms with E-state index in [-0.39, 0.29) is 11.6 Å². The summed E-state index contributed by atoms with van der Waals surface area (Å²) in [6, 6.07) is 23.0. The van der Waals surface area contributed by atoms with E-state index in [0.29, 0.717) is 23.4 Å². The maximum atomic E-state index is 13.8. The molecule has 2 fully saturated rings. The minimum Gasteiger partial charge on any atom is -0.497 e. The number of anilines is 1. The van der Waals surface area contributed by atoms with Crippen molar-refractivity contribution in [3.05, 3.63) is 95.6 Å². The molecule has 1 saturated heterocycles.